The molecule has 2 aliphatic heterocycles. The van der Waals surface area contributed by atoms with Gasteiger partial charge < -0.3 is 14.5 Å². The fraction of sp³-hybridized carbons (Fsp3) is 0.611. The van der Waals surface area contributed by atoms with E-state index < -0.39 is 17.3 Å². The maximum atomic E-state index is 13.2. The van der Waals surface area contributed by atoms with Gasteiger partial charge in [-0.3, -0.25) is 0 Å². The Hall–Kier alpha value is -1.44. The smallest absolute Gasteiger partial charge is 0.417 e. The number of rotatable bonds is 0. The number of nitrogens with zero attached hydrogens (tertiary/aromatic N) is 2. The van der Waals surface area contributed by atoms with Crippen molar-refractivity contribution >= 4 is 27.7 Å². The average molecular weight is 435 g/mol. The summed E-state index contributed by atoms with van der Waals surface area (Å²) in [5.74, 6) is 0. The van der Waals surface area contributed by atoms with E-state index in [1.165, 1.54) is 6.07 Å². The number of ether oxygens (including phenoxy) is 1. The minimum Gasteiger partial charge on any atom is -0.444 e. The number of hydrogen-bond acceptors (Lipinski definition) is 3. The van der Waals surface area contributed by atoms with Crippen LogP contribution in [0.15, 0.2) is 16.6 Å². The van der Waals surface area contributed by atoms with Gasteiger partial charge >= 0.3 is 12.3 Å². The van der Waals surface area contributed by atoms with E-state index in [0.29, 0.717) is 25.2 Å². The van der Waals surface area contributed by atoms with Gasteiger partial charge in [0.25, 0.3) is 0 Å². The molecule has 1 fully saturated rings. The minimum atomic E-state index is -4.41. The highest BCUT2D eigenvalue weighted by molar-refractivity contribution is 9.10. The molecule has 3 rings (SSSR count). The number of alkyl halides is 3. The quantitative estimate of drug-likeness (QED) is 0.585. The Labute approximate surface area is 159 Å². The van der Waals surface area contributed by atoms with Crippen molar-refractivity contribution in [3.63, 3.8) is 0 Å². The second-order valence-electron chi connectivity index (χ2n) is 7.96. The lowest BCUT2D eigenvalue weighted by Gasteiger charge is -2.44. The molecule has 0 bridgehead atoms. The van der Waals surface area contributed by atoms with Crippen LogP contribution in [-0.2, 0) is 17.3 Å². The van der Waals surface area contributed by atoms with Crippen molar-refractivity contribution in [3.8, 4) is 0 Å². The van der Waals surface area contributed by atoms with Crippen molar-refractivity contribution in [2.75, 3.05) is 18.0 Å². The summed E-state index contributed by atoms with van der Waals surface area (Å²) in [6.07, 6.45) is -4.18. The third kappa shape index (κ3) is 3.66. The molecule has 4 nitrogen and oxygen atoms in total. The van der Waals surface area contributed by atoms with Gasteiger partial charge in [-0.25, -0.2) is 4.79 Å². The van der Waals surface area contributed by atoms with Gasteiger partial charge in [0, 0.05) is 29.3 Å². The van der Waals surface area contributed by atoms with Crippen molar-refractivity contribution in [3.05, 3.63) is 27.7 Å². The van der Waals surface area contributed by atoms with Gasteiger partial charge in [-0.15, -0.1) is 0 Å². The molecule has 0 aliphatic carbocycles. The van der Waals surface area contributed by atoms with E-state index in [1.54, 1.807) is 11.0 Å². The number of benzene rings is 1. The van der Waals surface area contributed by atoms with E-state index in [2.05, 4.69) is 15.9 Å². The van der Waals surface area contributed by atoms with Gasteiger partial charge in [0.05, 0.1) is 11.6 Å². The molecule has 2 aliphatic rings. The third-order valence-corrected chi connectivity index (χ3v) is 5.30. The number of carbonyl (C=O) groups excluding carboxylic acids is 1. The van der Waals surface area contributed by atoms with Gasteiger partial charge in [0.15, 0.2) is 0 Å². The number of fused-ring (bicyclic) bond motifs is 3. The molecule has 2 heterocycles. The zero-order valence-electron chi connectivity index (χ0n) is 15.2. The van der Waals surface area contributed by atoms with E-state index in [1.807, 2.05) is 32.6 Å². The SMILES string of the molecule is C[C@@H]1CN(C(=O)OC(C)(C)C)C[C@@H]2Cc3cc(Br)c(C(F)(F)F)cc3N21. The summed E-state index contributed by atoms with van der Waals surface area (Å²) in [7, 11) is 0. The first kappa shape index (κ1) is 19.3. The second-order valence-corrected chi connectivity index (χ2v) is 8.81. The van der Waals surface area contributed by atoms with E-state index in [9.17, 15) is 18.0 Å². The summed E-state index contributed by atoms with van der Waals surface area (Å²) in [6, 6.07) is 2.64. The van der Waals surface area contributed by atoms with Gasteiger partial charge in [-0.2, -0.15) is 13.2 Å². The molecule has 8 heteroatoms. The van der Waals surface area contributed by atoms with Crippen molar-refractivity contribution in [1.29, 1.82) is 0 Å². The summed E-state index contributed by atoms with van der Waals surface area (Å²) >= 11 is 3.05. The third-order valence-electron chi connectivity index (χ3n) is 4.64. The van der Waals surface area contributed by atoms with Gasteiger partial charge in [-0.05, 0) is 51.8 Å². The lowest BCUT2D eigenvalue weighted by atomic mass is 10.1. The van der Waals surface area contributed by atoms with Crippen LogP contribution in [0, 0.1) is 0 Å². The average Bonchev–Trinajstić information content (AvgIpc) is 2.80. The van der Waals surface area contributed by atoms with Crippen LogP contribution in [0.5, 0.6) is 0 Å². The predicted molar refractivity (Wildman–Crippen MR) is 96.4 cm³/mol. The summed E-state index contributed by atoms with van der Waals surface area (Å²) in [4.78, 5) is 16.1. The lowest BCUT2D eigenvalue weighted by Crippen LogP contribution is -2.58. The maximum Gasteiger partial charge on any atom is 0.417 e. The van der Waals surface area contributed by atoms with E-state index in [4.69, 9.17) is 4.74 Å². The molecule has 1 aromatic carbocycles. The Kier molecular flexibility index (Phi) is 4.70. The molecule has 1 amide bonds. The van der Waals surface area contributed by atoms with Crippen LogP contribution in [0.1, 0.15) is 38.8 Å². The Morgan fingerprint density at radius 2 is 1.88 bits per heavy atom. The molecule has 26 heavy (non-hydrogen) atoms. The molecule has 0 radical (unpaired) electrons. The zero-order valence-corrected chi connectivity index (χ0v) is 16.7. The molecule has 0 saturated carbocycles. The number of amides is 1. The number of carbonyl (C=O) groups is 1. The van der Waals surface area contributed by atoms with Crippen molar-refractivity contribution in [2.45, 2.75) is 58.0 Å². The van der Waals surface area contributed by atoms with Crippen LogP contribution in [0.3, 0.4) is 0 Å². The molecule has 0 spiro atoms. The summed E-state index contributed by atoms with van der Waals surface area (Å²) in [5.41, 5.74) is 0.232. The highest BCUT2D eigenvalue weighted by atomic mass is 79.9. The van der Waals surface area contributed by atoms with Crippen molar-refractivity contribution in [1.82, 2.24) is 4.90 Å². The first-order valence-electron chi connectivity index (χ1n) is 8.52. The molecule has 0 unspecified atom stereocenters. The fourth-order valence-electron chi connectivity index (χ4n) is 3.73. The number of halogens is 4. The van der Waals surface area contributed by atoms with Crippen LogP contribution < -0.4 is 4.90 Å². The van der Waals surface area contributed by atoms with Gasteiger partial charge in [-0.1, -0.05) is 15.9 Å². The Bertz CT molecular complexity index is 730. The molecular formula is C18H22BrF3N2O2. The monoisotopic (exact) mass is 434 g/mol. The standard InChI is InChI=1S/C18H22BrF3N2O2/c1-10-8-23(16(25)26-17(2,3)4)9-12-5-11-6-14(19)13(18(20,21)22)7-15(11)24(10)12/h6-7,10,12H,5,8-9H2,1-4H3/t10-,12+/m1/s1. The number of hydrogen-bond donors (Lipinski definition) is 0. The maximum absolute atomic E-state index is 13.2. The predicted octanol–water partition coefficient (Wildman–Crippen LogP) is 4.84. The Morgan fingerprint density at radius 1 is 1.23 bits per heavy atom. The van der Waals surface area contributed by atoms with Crippen LogP contribution in [0.25, 0.3) is 0 Å². The molecule has 1 saturated heterocycles. The second kappa shape index (κ2) is 6.32. The zero-order chi connectivity index (χ0) is 19.4. The van der Waals surface area contributed by atoms with Crippen molar-refractivity contribution < 1.29 is 22.7 Å². The molecule has 1 aromatic rings. The molecule has 0 N–H and O–H groups in total. The van der Waals surface area contributed by atoms with E-state index in [-0.39, 0.29) is 22.6 Å². The van der Waals surface area contributed by atoms with Crippen LogP contribution in [-0.4, -0.2) is 41.8 Å². The lowest BCUT2D eigenvalue weighted by molar-refractivity contribution is -0.138. The molecule has 0 aromatic heterocycles. The highest BCUT2D eigenvalue weighted by Crippen LogP contribution is 2.44. The van der Waals surface area contributed by atoms with E-state index >= 15 is 0 Å². The molecule has 144 valence electrons. The summed E-state index contributed by atoms with van der Waals surface area (Å²) in [5, 5.41) is 0. The molecule has 2 atom stereocenters. The van der Waals surface area contributed by atoms with Crippen molar-refractivity contribution in [2.24, 2.45) is 0 Å². The first-order valence-corrected chi connectivity index (χ1v) is 9.32. The summed E-state index contributed by atoms with van der Waals surface area (Å²) in [6.45, 7) is 8.22. The Morgan fingerprint density at radius 3 is 2.46 bits per heavy atom. The fourth-order valence-corrected chi connectivity index (χ4v) is 4.35. The van der Waals surface area contributed by atoms with E-state index in [0.717, 1.165) is 5.56 Å². The first-order chi connectivity index (χ1) is 11.9. The summed E-state index contributed by atoms with van der Waals surface area (Å²) < 4.78 is 45.2. The molecular weight excluding hydrogens is 413 g/mol. The highest BCUT2D eigenvalue weighted by Gasteiger charge is 2.43. The van der Waals surface area contributed by atoms with Crippen LogP contribution in [0.2, 0.25) is 0 Å². The minimum absolute atomic E-state index is 0.0448. The Balaban J connectivity index is 1.86. The van der Waals surface area contributed by atoms with Crippen LogP contribution in [0.4, 0.5) is 23.7 Å². The number of anilines is 1. The number of piperazine rings is 1. The normalized spacial score (nSPS) is 22.9. The topological polar surface area (TPSA) is 32.8 Å². The van der Waals surface area contributed by atoms with Gasteiger partial charge in [0.1, 0.15) is 5.60 Å². The van der Waals surface area contributed by atoms with Gasteiger partial charge in [0.2, 0.25) is 0 Å². The largest absolute Gasteiger partial charge is 0.444 e. The van der Waals surface area contributed by atoms with Crippen LogP contribution >= 0.6 is 15.9 Å².